The van der Waals surface area contributed by atoms with Gasteiger partial charge in [0.15, 0.2) is 0 Å². The zero-order valence-corrected chi connectivity index (χ0v) is 16.9. The second-order valence-electron chi connectivity index (χ2n) is 6.36. The van der Waals surface area contributed by atoms with Crippen LogP contribution in [0.2, 0.25) is 0 Å². The van der Waals surface area contributed by atoms with Crippen molar-refractivity contribution in [2.45, 2.75) is 19.4 Å². The van der Waals surface area contributed by atoms with Crippen LogP contribution in [0.15, 0.2) is 47.9 Å². The van der Waals surface area contributed by atoms with E-state index in [0.717, 1.165) is 35.2 Å². The van der Waals surface area contributed by atoms with E-state index in [9.17, 15) is 14.4 Å². The normalized spacial score (nSPS) is 15.2. The van der Waals surface area contributed by atoms with E-state index in [4.69, 9.17) is 4.74 Å². The average molecular weight is 414 g/mol. The highest BCUT2D eigenvalue weighted by Gasteiger charge is 2.34. The van der Waals surface area contributed by atoms with Gasteiger partial charge in [-0.25, -0.2) is 4.98 Å². The van der Waals surface area contributed by atoms with Gasteiger partial charge < -0.3 is 14.6 Å². The van der Waals surface area contributed by atoms with Gasteiger partial charge in [-0.2, -0.15) is 0 Å². The highest BCUT2D eigenvalue weighted by Crippen LogP contribution is 2.32. The van der Waals surface area contributed by atoms with Gasteiger partial charge in [0.05, 0.1) is 18.3 Å². The van der Waals surface area contributed by atoms with E-state index in [1.807, 2.05) is 22.9 Å². The van der Waals surface area contributed by atoms with Crippen LogP contribution < -0.4 is 10.1 Å². The minimum absolute atomic E-state index is 0.0674. The van der Waals surface area contributed by atoms with E-state index >= 15 is 0 Å². The number of amides is 3. The molecule has 0 aliphatic carbocycles. The molecule has 0 bridgehead atoms. The molecular formula is C20H22N4O4S. The van der Waals surface area contributed by atoms with Gasteiger partial charge >= 0.3 is 0 Å². The zero-order valence-electron chi connectivity index (χ0n) is 16.0. The molecule has 1 fully saturated rings. The van der Waals surface area contributed by atoms with Crippen LogP contribution in [0.3, 0.4) is 0 Å². The van der Waals surface area contributed by atoms with Crippen molar-refractivity contribution in [3.05, 3.63) is 53.5 Å². The van der Waals surface area contributed by atoms with E-state index in [1.54, 1.807) is 37.8 Å². The number of methoxy groups -OCH3 is 1. The molecule has 0 atom stereocenters. The maximum Gasteiger partial charge on any atom is 0.293 e. The van der Waals surface area contributed by atoms with Gasteiger partial charge in [0, 0.05) is 38.4 Å². The predicted octanol–water partition coefficient (Wildman–Crippen LogP) is 2.52. The Bertz CT molecular complexity index is 894. The lowest BCUT2D eigenvalue weighted by Gasteiger charge is -2.12. The maximum absolute atomic E-state index is 12.5. The van der Waals surface area contributed by atoms with Crippen molar-refractivity contribution in [1.82, 2.24) is 19.8 Å². The molecule has 3 amide bonds. The number of carbonyl (C=O) groups is 3. The van der Waals surface area contributed by atoms with Crippen molar-refractivity contribution >= 4 is 34.9 Å². The number of aromatic nitrogens is 2. The molecule has 152 valence electrons. The third kappa shape index (κ3) is 5.71. The van der Waals surface area contributed by atoms with Crippen molar-refractivity contribution in [3.63, 3.8) is 0 Å². The SMILES string of the molecule is COc1ccc(/C=C2\SC(=O)N(CCC(=O)NCCCn3ccnc3)C2=O)cc1. The fourth-order valence-electron chi connectivity index (χ4n) is 2.75. The van der Waals surface area contributed by atoms with E-state index < -0.39 is 0 Å². The summed E-state index contributed by atoms with van der Waals surface area (Å²) in [5.74, 6) is 0.156. The lowest BCUT2D eigenvalue weighted by Crippen LogP contribution is -2.34. The largest absolute Gasteiger partial charge is 0.497 e. The van der Waals surface area contributed by atoms with E-state index in [-0.39, 0.29) is 30.0 Å². The number of ether oxygens (including phenoxy) is 1. The van der Waals surface area contributed by atoms with Crippen molar-refractivity contribution in [2.24, 2.45) is 0 Å². The quantitative estimate of drug-likeness (QED) is 0.501. The number of imide groups is 1. The molecule has 0 radical (unpaired) electrons. The molecule has 3 rings (SSSR count). The van der Waals surface area contributed by atoms with Crippen molar-refractivity contribution in [1.29, 1.82) is 0 Å². The number of carbonyl (C=O) groups excluding carboxylic acids is 3. The van der Waals surface area contributed by atoms with Gasteiger partial charge in [0.25, 0.3) is 11.1 Å². The molecule has 1 aliphatic heterocycles. The Morgan fingerprint density at radius 3 is 2.72 bits per heavy atom. The molecule has 1 N–H and O–H groups in total. The number of nitrogens with one attached hydrogen (secondary N) is 1. The topological polar surface area (TPSA) is 93.5 Å². The maximum atomic E-state index is 12.5. The van der Waals surface area contributed by atoms with Crippen molar-refractivity contribution in [3.8, 4) is 5.75 Å². The summed E-state index contributed by atoms with van der Waals surface area (Å²) in [7, 11) is 1.58. The number of hydrogen-bond acceptors (Lipinski definition) is 6. The first-order chi connectivity index (χ1) is 14.1. The smallest absolute Gasteiger partial charge is 0.293 e. The molecule has 1 saturated heterocycles. The van der Waals surface area contributed by atoms with Crippen LogP contribution in [0.5, 0.6) is 5.75 Å². The van der Waals surface area contributed by atoms with Crippen LogP contribution in [0.25, 0.3) is 6.08 Å². The molecule has 2 heterocycles. The Morgan fingerprint density at radius 2 is 2.03 bits per heavy atom. The van der Waals surface area contributed by atoms with Gasteiger partial charge in [0.1, 0.15) is 5.75 Å². The van der Waals surface area contributed by atoms with E-state index in [2.05, 4.69) is 10.3 Å². The molecule has 29 heavy (non-hydrogen) atoms. The summed E-state index contributed by atoms with van der Waals surface area (Å²) in [4.78, 5) is 42.1. The van der Waals surface area contributed by atoms with E-state index in [0.29, 0.717) is 17.2 Å². The minimum Gasteiger partial charge on any atom is -0.497 e. The van der Waals surface area contributed by atoms with Crippen LogP contribution in [-0.2, 0) is 16.1 Å². The average Bonchev–Trinajstić information content (AvgIpc) is 3.33. The summed E-state index contributed by atoms with van der Waals surface area (Å²) in [6.07, 6.45) is 7.81. The third-order valence-corrected chi connectivity index (χ3v) is 5.23. The molecule has 0 spiro atoms. The molecule has 2 aromatic rings. The number of imidazole rings is 1. The van der Waals surface area contributed by atoms with Crippen LogP contribution in [0, 0.1) is 0 Å². The molecule has 1 aromatic carbocycles. The fraction of sp³-hybridized carbons (Fsp3) is 0.300. The number of benzene rings is 1. The molecular weight excluding hydrogens is 392 g/mol. The van der Waals surface area contributed by atoms with Gasteiger partial charge in [0.2, 0.25) is 5.91 Å². The Morgan fingerprint density at radius 1 is 1.24 bits per heavy atom. The van der Waals surface area contributed by atoms with E-state index in [1.165, 1.54) is 0 Å². The fourth-order valence-corrected chi connectivity index (χ4v) is 3.62. The lowest BCUT2D eigenvalue weighted by molar-refractivity contribution is -0.124. The molecule has 9 heteroatoms. The molecule has 0 unspecified atom stereocenters. The van der Waals surface area contributed by atoms with Crippen LogP contribution in [-0.4, -0.2) is 51.7 Å². The Kier molecular flexibility index (Phi) is 7.07. The summed E-state index contributed by atoms with van der Waals surface area (Å²) < 4.78 is 7.04. The number of hydrogen-bond donors (Lipinski definition) is 1. The second-order valence-corrected chi connectivity index (χ2v) is 7.35. The summed E-state index contributed by atoms with van der Waals surface area (Å²) in [5, 5.41) is 2.45. The zero-order chi connectivity index (χ0) is 20.6. The number of rotatable bonds is 9. The van der Waals surface area contributed by atoms with Crippen LogP contribution in [0.1, 0.15) is 18.4 Å². The lowest BCUT2D eigenvalue weighted by atomic mass is 10.2. The Hall–Kier alpha value is -3.07. The first kappa shape index (κ1) is 20.7. The first-order valence-corrected chi connectivity index (χ1v) is 10.0. The van der Waals surface area contributed by atoms with Crippen molar-refractivity contribution < 1.29 is 19.1 Å². The monoisotopic (exact) mass is 414 g/mol. The summed E-state index contributed by atoms with van der Waals surface area (Å²) in [6.45, 7) is 1.35. The number of aryl methyl sites for hydroxylation is 1. The number of nitrogens with zero attached hydrogens (tertiary/aromatic N) is 3. The second kappa shape index (κ2) is 9.92. The first-order valence-electron chi connectivity index (χ1n) is 9.18. The van der Waals surface area contributed by atoms with Gasteiger partial charge in [-0.3, -0.25) is 19.3 Å². The standard InChI is InChI=1S/C20H22N4O4S/c1-28-16-5-3-15(4-6-16)13-17-19(26)24(20(27)29-17)11-7-18(25)22-8-2-10-23-12-9-21-14-23/h3-6,9,12-14H,2,7-8,10-11H2,1H3,(H,22,25)/b17-13-. The number of thioether (sulfide) groups is 1. The third-order valence-electron chi connectivity index (χ3n) is 4.32. The Balaban J connectivity index is 1.45. The summed E-state index contributed by atoms with van der Waals surface area (Å²) in [5.41, 5.74) is 0.798. The molecule has 1 aliphatic rings. The van der Waals surface area contributed by atoms with Crippen LogP contribution >= 0.6 is 11.8 Å². The van der Waals surface area contributed by atoms with Gasteiger partial charge in [-0.1, -0.05) is 12.1 Å². The summed E-state index contributed by atoms with van der Waals surface area (Å²) in [6, 6.07) is 7.19. The van der Waals surface area contributed by atoms with Gasteiger partial charge in [-0.05, 0) is 42.0 Å². The molecule has 1 aromatic heterocycles. The minimum atomic E-state index is -0.372. The Labute approximate surface area is 172 Å². The highest BCUT2D eigenvalue weighted by atomic mass is 32.2. The highest BCUT2D eigenvalue weighted by molar-refractivity contribution is 8.18. The molecule has 0 saturated carbocycles. The van der Waals surface area contributed by atoms with Gasteiger partial charge in [-0.15, -0.1) is 0 Å². The predicted molar refractivity (Wildman–Crippen MR) is 110 cm³/mol. The van der Waals surface area contributed by atoms with Crippen LogP contribution in [0.4, 0.5) is 4.79 Å². The van der Waals surface area contributed by atoms with Crippen molar-refractivity contribution in [2.75, 3.05) is 20.2 Å². The summed E-state index contributed by atoms with van der Waals surface area (Å²) >= 11 is 0.885. The molecule has 8 nitrogen and oxygen atoms in total.